The average molecular weight is 242 g/mol. The summed E-state index contributed by atoms with van der Waals surface area (Å²) in [4.78, 5) is 0. The Kier molecular flexibility index (Phi) is 4.63. The summed E-state index contributed by atoms with van der Waals surface area (Å²) in [6, 6.07) is 11.0. The van der Waals surface area contributed by atoms with Crippen molar-refractivity contribution in [3.05, 3.63) is 48.0 Å². The third kappa shape index (κ3) is 3.48. The van der Waals surface area contributed by atoms with Gasteiger partial charge in [0.15, 0.2) is 0 Å². The number of rotatable bonds is 5. The van der Waals surface area contributed by atoms with Crippen molar-refractivity contribution in [2.24, 2.45) is 11.3 Å². The number of hydrogen-bond donors (Lipinski definition) is 0. The Bertz CT molecular complexity index is 376. The fraction of sp³-hybridized carbons (Fsp3) is 0.556. The van der Waals surface area contributed by atoms with Crippen LogP contribution in [0.5, 0.6) is 0 Å². The first-order valence-corrected chi connectivity index (χ1v) is 7.45. The molecule has 0 nitrogen and oxygen atoms in total. The van der Waals surface area contributed by atoms with Crippen LogP contribution >= 0.6 is 0 Å². The first kappa shape index (κ1) is 13.4. The van der Waals surface area contributed by atoms with Crippen LogP contribution in [0.3, 0.4) is 0 Å². The molecule has 1 aromatic rings. The lowest BCUT2D eigenvalue weighted by atomic mass is 9.67. The molecule has 2 atom stereocenters. The quantitative estimate of drug-likeness (QED) is 0.607. The Morgan fingerprint density at radius 1 is 1.22 bits per heavy atom. The van der Waals surface area contributed by atoms with E-state index in [1.165, 1.54) is 44.1 Å². The van der Waals surface area contributed by atoms with Crippen LogP contribution in [-0.2, 0) is 6.42 Å². The van der Waals surface area contributed by atoms with E-state index in [0.717, 1.165) is 5.92 Å². The highest BCUT2D eigenvalue weighted by Crippen LogP contribution is 2.42. The predicted molar refractivity (Wildman–Crippen MR) is 79.6 cm³/mol. The highest BCUT2D eigenvalue weighted by molar-refractivity contribution is 5.18. The summed E-state index contributed by atoms with van der Waals surface area (Å²) in [5, 5.41) is 0. The van der Waals surface area contributed by atoms with Crippen LogP contribution in [-0.4, -0.2) is 0 Å². The molecule has 0 saturated carbocycles. The molecule has 1 aliphatic rings. The second-order valence-electron chi connectivity index (χ2n) is 6.08. The summed E-state index contributed by atoms with van der Waals surface area (Å²) in [5.41, 5.74) is 2.03. The normalized spacial score (nSPS) is 27.3. The van der Waals surface area contributed by atoms with Gasteiger partial charge in [-0.2, -0.15) is 0 Å². The standard InChI is InChI=1S/C18H26/c1-3-4-12-18(13-8-9-16(2)14-18)15-17-10-6-5-7-11-17/h5-11,16H,3-4,12-15H2,1-2H3. The van der Waals surface area contributed by atoms with Gasteiger partial charge in [-0.05, 0) is 42.6 Å². The summed E-state index contributed by atoms with van der Waals surface area (Å²) in [5.74, 6) is 0.749. The Balaban J connectivity index is 2.12. The molecule has 0 N–H and O–H groups in total. The van der Waals surface area contributed by atoms with Gasteiger partial charge in [0.2, 0.25) is 0 Å². The minimum Gasteiger partial charge on any atom is -0.0877 e. The van der Waals surface area contributed by atoms with E-state index in [9.17, 15) is 0 Å². The van der Waals surface area contributed by atoms with Gasteiger partial charge in [0, 0.05) is 0 Å². The highest BCUT2D eigenvalue weighted by Gasteiger charge is 2.32. The molecule has 0 bridgehead atoms. The van der Waals surface area contributed by atoms with Crippen molar-refractivity contribution in [3.8, 4) is 0 Å². The van der Waals surface area contributed by atoms with Gasteiger partial charge in [-0.3, -0.25) is 0 Å². The lowest BCUT2D eigenvalue weighted by molar-refractivity contribution is 0.199. The molecule has 0 aliphatic heterocycles. The maximum absolute atomic E-state index is 2.42. The zero-order valence-electron chi connectivity index (χ0n) is 11.9. The third-order valence-corrected chi connectivity index (χ3v) is 4.25. The minimum atomic E-state index is 0.519. The van der Waals surface area contributed by atoms with Crippen LogP contribution in [0.4, 0.5) is 0 Å². The Morgan fingerprint density at radius 2 is 2.00 bits per heavy atom. The Labute approximate surface area is 112 Å². The zero-order valence-corrected chi connectivity index (χ0v) is 11.9. The van der Waals surface area contributed by atoms with E-state index in [1.807, 2.05) is 0 Å². The maximum Gasteiger partial charge on any atom is -0.0217 e. The molecule has 0 aromatic heterocycles. The van der Waals surface area contributed by atoms with E-state index >= 15 is 0 Å². The van der Waals surface area contributed by atoms with E-state index in [4.69, 9.17) is 0 Å². The molecule has 18 heavy (non-hydrogen) atoms. The van der Waals surface area contributed by atoms with Crippen LogP contribution in [0, 0.1) is 11.3 Å². The molecule has 0 heteroatoms. The second kappa shape index (κ2) is 6.22. The molecule has 0 heterocycles. The fourth-order valence-electron chi connectivity index (χ4n) is 3.40. The van der Waals surface area contributed by atoms with Crippen molar-refractivity contribution in [1.82, 2.24) is 0 Å². The summed E-state index contributed by atoms with van der Waals surface area (Å²) in [6.45, 7) is 4.67. The smallest absolute Gasteiger partial charge is 0.0217 e. The van der Waals surface area contributed by atoms with Crippen LogP contribution in [0.2, 0.25) is 0 Å². The van der Waals surface area contributed by atoms with Crippen molar-refractivity contribution in [1.29, 1.82) is 0 Å². The van der Waals surface area contributed by atoms with E-state index in [-0.39, 0.29) is 0 Å². The van der Waals surface area contributed by atoms with Crippen molar-refractivity contribution >= 4 is 0 Å². The van der Waals surface area contributed by atoms with Gasteiger partial charge < -0.3 is 0 Å². The summed E-state index contributed by atoms with van der Waals surface area (Å²) in [6.07, 6.45) is 12.8. The average Bonchev–Trinajstić information content (AvgIpc) is 2.38. The Morgan fingerprint density at radius 3 is 2.67 bits per heavy atom. The van der Waals surface area contributed by atoms with E-state index in [2.05, 4.69) is 56.3 Å². The molecule has 1 aliphatic carbocycles. The predicted octanol–water partition coefficient (Wildman–Crippen LogP) is 5.39. The SMILES string of the molecule is CCCCC1(Cc2ccccc2)CC=CC(C)C1. The lowest BCUT2D eigenvalue weighted by Gasteiger charge is -2.38. The topological polar surface area (TPSA) is 0 Å². The van der Waals surface area contributed by atoms with Crippen molar-refractivity contribution < 1.29 is 0 Å². The molecule has 0 amide bonds. The van der Waals surface area contributed by atoms with Gasteiger partial charge in [0.1, 0.15) is 0 Å². The number of benzene rings is 1. The summed E-state index contributed by atoms with van der Waals surface area (Å²) in [7, 11) is 0. The van der Waals surface area contributed by atoms with E-state index < -0.39 is 0 Å². The molecule has 1 aromatic carbocycles. The molecule has 0 radical (unpaired) electrons. The molecular weight excluding hydrogens is 216 g/mol. The number of allylic oxidation sites excluding steroid dienone is 2. The summed E-state index contributed by atoms with van der Waals surface area (Å²) >= 11 is 0. The Hall–Kier alpha value is -1.04. The van der Waals surface area contributed by atoms with Gasteiger partial charge in [0.05, 0.1) is 0 Å². The van der Waals surface area contributed by atoms with Crippen molar-refractivity contribution in [2.45, 2.75) is 52.4 Å². The molecule has 0 fully saturated rings. The molecule has 2 unspecified atom stereocenters. The minimum absolute atomic E-state index is 0.519. The molecule has 0 saturated heterocycles. The van der Waals surface area contributed by atoms with Gasteiger partial charge in [-0.25, -0.2) is 0 Å². The molecular formula is C18H26. The van der Waals surface area contributed by atoms with Crippen molar-refractivity contribution in [2.75, 3.05) is 0 Å². The van der Waals surface area contributed by atoms with Crippen LogP contribution in [0.25, 0.3) is 0 Å². The van der Waals surface area contributed by atoms with Crippen LogP contribution < -0.4 is 0 Å². The largest absolute Gasteiger partial charge is 0.0877 e. The zero-order chi connectivity index (χ0) is 12.8. The molecule has 2 rings (SSSR count). The fourth-order valence-corrected chi connectivity index (χ4v) is 3.40. The number of unbranched alkanes of at least 4 members (excludes halogenated alkanes) is 1. The van der Waals surface area contributed by atoms with E-state index in [0.29, 0.717) is 5.41 Å². The lowest BCUT2D eigenvalue weighted by Crippen LogP contribution is -2.28. The third-order valence-electron chi connectivity index (χ3n) is 4.25. The second-order valence-corrected chi connectivity index (χ2v) is 6.08. The molecule has 0 spiro atoms. The highest BCUT2D eigenvalue weighted by atomic mass is 14.4. The van der Waals surface area contributed by atoms with Crippen LogP contribution in [0.15, 0.2) is 42.5 Å². The summed E-state index contributed by atoms with van der Waals surface area (Å²) < 4.78 is 0. The van der Waals surface area contributed by atoms with Gasteiger partial charge in [0.25, 0.3) is 0 Å². The molecule has 98 valence electrons. The monoisotopic (exact) mass is 242 g/mol. The van der Waals surface area contributed by atoms with Gasteiger partial charge in [-0.1, -0.05) is 69.2 Å². The van der Waals surface area contributed by atoms with Gasteiger partial charge >= 0.3 is 0 Å². The maximum atomic E-state index is 2.42. The first-order chi connectivity index (χ1) is 8.74. The van der Waals surface area contributed by atoms with E-state index in [1.54, 1.807) is 0 Å². The van der Waals surface area contributed by atoms with Crippen LogP contribution in [0.1, 0.15) is 51.5 Å². The first-order valence-electron chi connectivity index (χ1n) is 7.45. The number of hydrogen-bond acceptors (Lipinski definition) is 0. The van der Waals surface area contributed by atoms with Gasteiger partial charge in [-0.15, -0.1) is 0 Å². The van der Waals surface area contributed by atoms with Crippen molar-refractivity contribution in [3.63, 3.8) is 0 Å².